The van der Waals surface area contributed by atoms with E-state index in [0.717, 1.165) is 50.8 Å². The first kappa shape index (κ1) is 33.2. The van der Waals surface area contributed by atoms with Crippen molar-refractivity contribution in [2.24, 2.45) is 0 Å². The van der Waals surface area contributed by atoms with Gasteiger partial charge in [-0.25, -0.2) is 0 Å². The van der Waals surface area contributed by atoms with Crippen LogP contribution < -0.4 is 9.47 Å². The summed E-state index contributed by atoms with van der Waals surface area (Å²) in [6, 6.07) is 19.2. The maximum Gasteiger partial charge on any atom is 0.425 e. The number of carbonyl (C=O) groups excluding carboxylic acids is 1. The van der Waals surface area contributed by atoms with Gasteiger partial charge in [-0.3, -0.25) is 9.35 Å². The van der Waals surface area contributed by atoms with Gasteiger partial charge in [0.1, 0.15) is 22.1 Å². The summed E-state index contributed by atoms with van der Waals surface area (Å²) in [7, 11) is -6.12. The molecule has 0 saturated heterocycles. The Morgan fingerprint density at radius 3 is 1.60 bits per heavy atom. The Labute approximate surface area is 252 Å². The first-order chi connectivity index (χ1) is 20.1. The smallest absolute Gasteiger partial charge is 0.425 e. The highest BCUT2D eigenvalue weighted by molar-refractivity contribution is 7.86. The summed E-state index contributed by atoms with van der Waals surface area (Å²) in [4.78, 5) is 12.5. The van der Waals surface area contributed by atoms with Crippen LogP contribution in [0.2, 0.25) is 0 Å². The summed E-state index contributed by atoms with van der Waals surface area (Å²) in [6.45, 7) is 9.73. The molecule has 4 rings (SSSR count). The minimum atomic E-state index is -4.67. The quantitative estimate of drug-likeness (QED) is 0.182. The summed E-state index contributed by atoms with van der Waals surface area (Å²) in [5.74, 6) is 0.963. The molecule has 0 radical (unpaired) electrons. The van der Waals surface area contributed by atoms with E-state index >= 15 is 0 Å². The second-order valence-corrected chi connectivity index (χ2v) is 11.9. The molecule has 0 amide bonds. The average molecular weight is 625 g/mol. The highest BCUT2D eigenvalue weighted by atomic mass is 32.2. The van der Waals surface area contributed by atoms with Crippen molar-refractivity contribution < 1.29 is 39.9 Å². The molecule has 0 atom stereocenters. The maximum atomic E-state index is 13.0. The van der Waals surface area contributed by atoms with E-state index in [2.05, 4.69) is 12.1 Å². The van der Waals surface area contributed by atoms with Gasteiger partial charge in [0.15, 0.2) is 5.78 Å². The molecule has 0 saturated carbocycles. The molecule has 43 heavy (non-hydrogen) atoms. The monoisotopic (exact) mass is 624 g/mol. The molecule has 226 valence electrons. The highest BCUT2D eigenvalue weighted by Gasteiger charge is 2.22. The molecule has 4 aromatic carbocycles. The number of ether oxygens (including phenoxy) is 2. The first-order valence-corrected chi connectivity index (χ1v) is 15.5. The molecule has 11 heteroatoms. The number of aryl methyl sites for hydroxylation is 5. The number of rotatable bonds is 8. The molecule has 0 unspecified atom stereocenters. The van der Waals surface area contributed by atoms with E-state index < -0.39 is 25.6 Å². The average Bonchev–Trinajstić information content (AvgIpc) is 2.90. The van der Waals surface area contributed by atoms with Crippen LogP contribution in [-0.4, -0.2) is 38.5 Å². The van der Waals surface area contributed by atoms with E-state index in [1.54, 1.807) is 31.4 Å². The molecular weight excluding hydrogens is 592 g/mol. The van der Waals surface area contributed by atoms with Gasteiger partial charge >= 0.3 is 10.6 Å². The van der Waals surface area contributed by atoms with Crippen molar-refractivity contribution in [2.45, 2.75) is 45.9 Å². The van der Waals surface area contributed by atoms with Crippen LogP contribution in [0.4, 0.5) is 0 Å². The lowest BCUT2D eigenvalue weighted by Crippen LogP contribution is -2.07. The lowest BCUT2D eigenvalue weighted by Gasteiger charge is -2.17. The van der Waals surface area contributed by atoms with E-state index in [-0.39, 0.29) is 17.1 Å². The molecule has 0 heterocycles. The van der Waals surface area contributed by atoms with Crippen LogP contribution in [0.1, 0.15) is 54.9 Å². The third-order valence-corrected chi connectivity index (χ3v) is 7.54. The van der Waals surface area contributed by atoms with Gasteiger partial charge in [0.2, 0.25) is 0 Å². The fourth-order valence-electron chi connectivity index (χ4n) is 4.92. The van der Waals surface area contributed by atoms with Crippen molar-refractivity contribution in [3.8, 4) is 17.2 Å². The maximum absolute atomic E-state index is 13.0. The Hall–Kier alpha value is -4.32. The number of hydrogen-bond donors (Lipinski definition) is 1. The van der Waals surface area contributed by atoms with Crippen molar-refractivity contribution in [3.63, 3.8) is 0 Å². The van der Waals surface area contributed by atoms with Crippen molar-refractivity contribution in [1.29, 1.82) is 0 Å². The summed E-state index contributed by atoms with van der Waals surface area (Å²) in [5.41, 5.74) is 7.55. The molecule has 0 fully saturated rings. The van der Waals surface area contributed by atoms with Gasteiger partial charge in [-0.1, -0.05) is 54.1 Å². The molecular formula is C32H32O9S2. The van der Waals surface area contributed by atoms with Crippen LogP contribution in [0.5, 0.6) is 17.2 Å². The summed E-state index contributed by atoms with van der Waals surface area (Å²) in [6.07, 6.45) is 0.708. The molecule has 4 aromatic rings. The Morgan fingerprint density at radius 1 is 0.721 bits per heavy atom. The van der Waals surface area contributed by atoms with Gasteiger partial charge < -0.3 is 9.47 Å². The SMILES string of the molecule is COc1c(C)cc(Cc2cc(C)c(Oc3ccc(C(=O)c4ccc(C)cc4)cc3S(=O)(=O)O)c(C)c2)cc1C.O=S(=O)=O. The zero-order chi connectivity index (χ0) is 32.1. The van der Waals surface area contributed by atoms with Crippen LogP contribution in [-0.2, 0) is 27.1 Å². The van der Waals surface area contributed by atoms with Gasteiger partial charge in [0.25, 0.3) is 10.1 Å². The standard InChI is InChI=1S/C32H32O6S.O3S/c1-19-7-9-26(10-8-19)30(33)27-11-12-28(29(18-27)39(34,35)36)38-32-22(4)15-25(16-23(32)5)17-24-13-20(2)31(37-6)21(3)14-24;1-4(2)3/h7-16,18H,17H2,1-6H3,(H,34,35,36);. The Bertz CT molecular complexity index is 1840. The first-order valence-electron chi connectivity index (χ1n) is 13.0. The second kappa shape index (κ2) is 13.8. The minimum Gasteiger partial charge on any atom is -0.496 e. The molecule has 9 nitrogen and oxygen atoms in total. The lowest BCUT2D eigenvalue weighted by atomic mass is 9.97. The Morgan fingerprint density at radius 2 is 1.16 bits per heavy atom. The summed E-state index contributed by atoms with van der Waals surface area (Å²) < 4.78 is 71.4. The third-order valence-electron chi connectivity index (χ3n) is 6.66. The number of methoxy groups -OCH3 is 1. The highest BCUT2D eigenvalue weighted by Crippen LogP contribution is 2.35. The largest absolute Gasteiger partial charge is 0.496 e. The van der Waals surface area contributed by atoms with Crippen LogP contribution in [0.25, 0.3) is 0 Å². The van der Waals surface area contributed by atoms with E-state index in [1.165, 1.54) is 12.1 Å². The van der Waals surface area contributed by atoms with Crippen LogP contribution >= 0.6 is 0 Å². The molecule has 0 aliphatic heterocycles. The van der Waals surface area contributed by atoms with Gasteiger partial charge in [0, 0.05) is 11.1 Å². The summed E-state index contributed by atoms with van der Waals surface area (Å²) in [5, 5.41) is 0. The van der Waals surface area contributed by atoms with Gasteiger partial charge in [0.05, 0.1) is 7.11 Å². The van der Waals surface area contributed by atoms with E-state index in [1.807, 2.05) is 46.8 Å². The van der Waals surface area contributed by atoms with E-state index in [4.69, 9.17) is 22.1 Å². The van der Waals surface area contributed by atoms with Crippen LogP contribution in [0.15, 0.2) is 71.6 Å². The zero-order valence-corrected chi connectivity index (χ0v) is 26.2. The zero-order valence-electron chi connectivity index (χ0n) is 24.6. The molecule has 1 N–H and O–H groups in total. The lowest BCUT2D eigenvalue weighted by molar-refractivity contribution is 0.103. The number of ketones is 1. The van der Waals surface area contributed by atoms with E-state index in [0.29, 0.717) is 17.7 Å². The van der Waals surface area contributed by atoms with Crippen LogP contribution in [0, 0.1) is 34.6 Å². The van der Waals surface area contributed by atoms with Crippen molar-refractivity contribution in [1.82, 2.24) is 0 Å². The fraction of sp³-hybridized carbons (Fsp3) is 0.219. The number of benzene rings is 4. The number of carbonyl (C=O) groups is 1. The number of hydrogen-bond acceptors (Lipinski definition) is 8. The van der Waals surface area contributed by atoms with Gasteiger partial charge in [-0.05, 0) is 92.6 Å². The second-order valence-electron chi connectivity index (χ2n) is 10.1. The van der Waals surface area contributed by atoms with Gasteiger partial charge in [-0.15, -0.1) is 12.6 Å². The Kier molecular flexibility index (Phi) is 10.6. The fourth-order valence-corrected chi connectivity index (χ4v) is 5.56. The molecule has 0 bridgehead atoms. The molecule has 0 aromatic heterocycles. The topological polar surface area (TPSA) is 141 Å². The molecule has 0 aliphatic carbocycles. The molecule has 0 spiro atoms. The van der Waals surface area contributed by atoms with Crippen LogP contribution in [0.3, 0.4) is 0 Å². The normalized spacial score (nSPS) is 10.9. The minimum absolute atomic E-state index is 0.0571. The van der Waals surface area contributed by atoms with Gasteiger partial charge in [-0.2, -0.15) is 8.42 Å². The van der Waals surface area contributed by atoms with Crippen molar-refractivity contribution in [3.05, 3.63) is 117 Å². The van der Waals surface area contributed by atoms with Crippen molar-refractivity contribution >= 4 is 26.5 Å². The van der Waals surface area contributed by atoms with Crippen molar-refractivity contribution in [2.75, 3.05) is 7.11 Å². The predicted molar refractivity (Wildman–Crippen MR) is 162 cm³/mol. The summed E-state index contributed by atoms with van der Waals surface area (Å²) >= 11 is 0. The molecule has 0 aliphatic rings. The third kappa shape index (κ3) is 8.60. The predicted octanol–water partition coefficient (Wildman–Crippen LogP) is 6.09. The Balaban J connectivity index is 0.00000119. The van der Waals surface area contributed by atoms with E-state index in [9.17, 15) is 17.8 Å².